The second-order valence-electron chi connectivity index (χ2n) is 6.21. The Kier molecular flexibility index (Phi) is 7.43. The van der Waals surface area contributed by atoms with Gasteiger partial charge < -0.3 is 15.2 Å². The van der Waals surface area contributed by atoms with Gasteiger partial charge in [-0.1, -0.05) is 34.1 Å². The fourth-order valence-corrected chi connectivity index (χ4v) is 3.81. The van der Waals surface area contributed by atoms with Crippen molar-refractivity contribution in [1.82, 2.24) is 5.43 Å². The molecule has 1 amide bonds. The van der Waals surface area contributed by atoms with Crippen LogP contribution in [-0.2, 0) is 0 Å². The van der Waals surface area contributed by atoms with Gasteiger partial charge in [-0.3, -0.25) is 4.79 Å². The Hall–Kier alpha value is -3.17. The van der Waals surface area contributed by atoms with E-state index in [1.54, 1.807) is 54.6 Å². The maximum Gasteiger partial charge on any atom is 0.343 e. The molecule has 158 valence electrons. The van der Waals surface area contributed by atoms with Gasteiger partial charge in [0.15, 0.2) is 11.5 Å². The molecule has 0 aliphatic carbocycles. The first-order valence-electron chi connectivity index (χ1n) is 8.92. The Labute approximate surface area is 195 Å². The summed E-state index contributed by atoms with van der Waals surface area (Å²) in [5, 5.41) is 3.96. The van der Waals surface area contributed by atoms with Crippen LogP contribution in [0, 0.1) is 0 Å². The van der Waals surface area contributed by atoms with Crippen LogP contribution in [0.3, 0.4) is 0 Å². The highest BCUT2D eigenvalue weighted by atomic mass is 79.9. The first-order valence-corrected chi connectivity index (χ1v) is 10.5. The van der Waals surface area contributed by atoms with Gasteiger partial charge >= 0.3 is 5.97 Å². The number of methoxy groups -OCH3 is 1. The van der Waals surface area contributed by atoms with Crippen LogP contribution in [0.25, 0.3) is 0 Å². The number of halogens is 2. The van der Waals surface area contributed by atoms with Gasteiger partial charge in [0, 0.05) is 8.95 Å². The predicted molar refractivity (Wildman–Crippen MR) is 126 cm³/mol. The number of carbonyl (C=O) groups excluding carboxylic acids is 2. The Balaban J connectivity index is 1.70. The molecule has 0 aromatic heterocycles. The number of ether oxygens (including phenoxy) is 2. The molecular weight excluding hydrogens is 530 g/mol. The van der Waals surface area contributed by atoms with E-state index in [-0.39, 0.29) is 11.3 Å². The van der Waals surface area contributed by atoms with Gasteiger partial charge in [-0.2, -0.15) is 5.10 Å². The van der Waals surface area contributed by atoms with Crippen molar-refractivity contribution in [3.8, 4) is 11.5 Å². The van der Waals surface area contributed by atoms with Gasteiger partial charge in [0.05, 0.1) is 30.1 Å². The molecule has 0 bridgehead atoms. The van der Waals surface area contributed by atoms with Gasteiger partial charge in [-0.25, -0.2) is 10.2 Å². The molecule has 3 aromatic rings. The monoisotopic (exact) mass is 545 g/mol. The minimum Gasteiger partial charge on any atom is -0.493 e. The third-order valence-corrected chi connectivity index (χ3v) is 5.23. The van der Waals surface area contributed by atoms with E-state index < -0.39 is 11.9 Å². The summed E-state index contributed by atoms with van der Waals surface area (Å²) in [6, 6.07) is 16.9. The fourth-order valence-electron chi connectivity index (χ4n) is 2.58. The largest absolute Gasteiger partial charge is 0.493 e. The van der Waals surface area contributed by atoms with Crippen molar-refractivity contribution in [2.24, 2.45) is 5.10 Å². The Morgan fingerprint density at radius 2 is 1.77 bits per heavy atom. The number of anilines is 1. The number of hydrogen-bond acceptors (Lipinski definition) is 6. The predicted octanol–water partition coefficient (Wildman–Crippen LogP) is 4.79. The SMILES string of the molecule is COc1cc(C=NNC(=O)c2cc(Br)cc(Br)c2N)ccc1OC(=O)c1ccccc1. The van der Waals surface area contributed by atoms with E-state index in [0.717, 1.165) is 0 Å². The van der Waals surface area contributed by atoms with Crippen LogP contribution in [0.1, 0.15) is 26.3 Å². The minimum atomic E-state index is -0.495. The number of hydrazone groups is 1. The molecule has 0 radical (unpaired) electrons. The number of rotatable bonds is 6. The van der Waals surface area contributed by atoms with Crippen molar-refractivity contribution >= 4 is 55.6 Å². The normalized spacial score (nSPS) is 10.7. The fraction of sp³-hybridized carbons (Fsp3) is 0.0455. The molecule has 0 aliphatic heterocycles. The standard InChI is InChI=1S/C22H17Br2N3O4/c1-30-19-9-13(7-8-18(19)31-22(29)14-5-3-2-4-6-14)12-26-27-21(28)16-10-15(23)11-17(24)20(16)25/h2-12H,25H2,1H3,(H,27,28). The summed E-state index contributed by atoms with van der Waals surface area (Å²) in [5.41, 5.74) is 10.0. The molecule has 0 unspecified atom stereocenters. The number of benzene rings is 3. The number of nitrogen functional groups attached to an aromatic ring is 1. The number of nitrogens with zero attached hydrogens (tertiary/aromatic N) is 1. The summed E-state index contributed by atoms with van der Waals surface area (Å²) < 4.78 is 12.0. The van der Waals surface area contributed by atoms with Crippen LogP contribution >= 0.6 is 31.9 Å². The molecule has 0 saturated carbocycles. The van der Waals surface area contributed by atoms with E-state index >= 15 is 0 Å². The van der Waals surface area contributed by atoms with Crippen molar-refractivity contribution in [1.29, 1.82) is 0 Å². The van der Waals surface area contributed by atoms with Crippen LogP contribution in [0.5, 0.6) is 11.5 Å². The van der Waals surface area contributed by atoms with E-state index in [9.17, 15) is 9.59 Å². The molecule has 0 saturated heterocycles. The van der Waals surface area contributed by atoms with Gasteiger partial charge in [0.25, 0.3) is 5.91 Å². The highest BCUT2D eigenvalue weighted by molar-refractivity contribution is 9.11. The maximum atomic E-state index is 12.4. The number of hydrogen-bond donors (Lipinski definition) is 2. The number of amides is 1. The summed E-state index contributed by atoms with van der Waals surface area (Å²) in [7, 11) is 1.46. The summed E-state index contributed by atoms with van der Waals surface area (Å²) in [6.07, 6.45) is 1.44. The average molecular weight is 547 g/mol. The molecular formula is C22H17Br2N3O4. The highest BCUT2D eigenvalue weighted by Gasteiger charge is 2.14. The van der Waals surface area contributed by atoms with E-state index in [1.165, 1.54) is 13.3 Å². The Morgan fingerprint density at radius 3 is 2.48 bits per heavy atom. The van der Waals surface area contributed by atoms with E-state index in [0.29, 0.717) is 31.5 Å². The average Bonchev–Trinajstić information content (AvgIpc) is 2.77. The maximum absolute atomic E-state index is 12.4. The summed E-state index contributed by atoms with van der Waals surface area (Å²) in [6.45, 7) is 0. The zero-order valence-electron chi connectivity index (χ0n) is 16.3. The number of carbonyl (C=O) groups is 2. The Bertz CT molecular complexity index is 1150. The quantitative estimate of drug-likeness (QED) is 0.152. The molecule has 3 N–H and O–H groups in total. The van der Waals surface area contributed by atoms with Crippen molar-refractivity contribution in [2.45, 2.75) is 0 Å². The van der Waals surface area contributed by atoms with Crippen LogP contribution in [0.15, 0.2) is 74.7 Å². The molecule has 0 spiro atoms. The second-order valence-corrected chi connectivity index (χ2v) is 7.98. The van der Waals surface area contributed by atoms with Gasteiger partial charge in [-0.05, 0) is 64.0 Å². The second kappa shape index (κ2) is 10.2. The zero-order chi connectivity index (χ0) is 22.4. The minimum absolute atomic E-state index is 0.268. The van der Waals surface area contributed by atoms with Crippen molar-refractivity contribution in [3.63, 3.8) is 0 Å². The molecule has 7 nitrogen and oxygen atoms in total. The van der Waals surface area contributed by atoms with E-state index in [2.05, 4.69) is 42.4 Å². The van der Waals surface area contributed by atoms with Crippen LogP contribution < -0.4 is 20.6 Å². The molecule has 0 aliphatic rings. The Morgan fingerprint density at radius 1 is 1.03 bits per heavy atom. The molecule has 3 rings (SSSR count). The molecule has 0 atom stereocenters. The third-order valence-electron chi connectivity index (χ3n) is 4.12. The summed E-state index contributed by atoms with van der Waals surface area (Å²) in [4.78, 5) is 24.6. The lowest BCUT2D eigenvalue weighted by atomic mass is 10.2. The molecule has 3 aromatic carbocycles. The van der Waals surface area contributed by atoms with Gasteiger partial charge in [0.1, 0.15) is 0 Å². The lowest BCUT2D eigenvalue weighted by Crippen LogP contribution is -2.19. The molecule has 0 fully saturated rings. The number of esters is 1. The van der Waals surface area contributed by atoms with Gasteiger partial charge in [-0.15, -0.1) is 0 Å². The lowest BCUT2D eigenvalue weighted by molar-refractivity contribution is 0.0729. The van der Waals surface area contributed by atoms with Gasteiger partial charge in [0.2, 0.25) is 0 Å². The smallest absolute Gasteiger partial charge is 0.343 e. The van der Waals surface area contributed by atoms with Crippen LogP contribution in [0.4, 0.5) is 5.69 Å². The topological polar surface area (TPSA) is 103 Å². The summed E-state index contributed by atoms with van der Waals surface area (Å²) in [5.74, 6) is -0.342. The lowest BCUT2D eigenvalue weighted by Gasteiger charge is -2.10. The molecule has 31 heavy (non-hydrogen) atoms. The number of nitrogens with one attached hydrogen (secondary N) is 1. The van der Waals surface area contributed by atoms with Crippen molar-refractivity contribution in [3.05, 3.63) is 86.3 Å². The molecule has 0 heterocycles. The van der Waals surface area contributed by atoms with Crippen LogP contribution in [0.2, 0.25) is 0 Å². The number of nitrogens with two attached hydrogens (primary N) is 1. The first-order chi connectivity index (χ1) is 14.9. The zero-order valence-corrected chi connectivity index (χ0v) is 19.4. The third kappa shape index (κ3) is 5.71. The van der Waals surface area contributed by atoms with Crippen molar-refractivity contribution in [2.75, 3.05) is 12.8 Å². The highest BCUT2D eigenvalue weighted by Crippen LogP contribution is 2.29. The summed E-state index contributed by atoms with van der Waals surface area (Å²) >= 11 is 6.62. The van der Waals surface area contributed by atoms with Crippen LogP contribution in [-0.4, -0.2) is 25.2 Å². The van der Waals surface area contributed by atoms with E-state index in [4.69, 9.17) is 15.2 Å². The first kappa shape index (κ1) is 22.5. The molecule has 9 heteroatoms. The van der Waals surface area contributed by atoms with Crippen molar-refractivity contribution < 1.29 is 19.1 Å². The van der Waals surface area contributed by atoms with E-state index in [1.807, 2.05) is 6.07 Å².